The lowest BCUT2D eigenvalue weighted by atomic mass is 10.0. The largest absolute Gasteiger partial charge is 0.756 e. The molecule has 0 aliphatic heterocycles. The number of amides is 1. The minimum absolute atomic E-state index is 0.0163. The summed E-state index contributed by atoms with van der Waals surface area (Å²) in [5.41, 5.74) is 0. The summed E-state index contributed by atoms with van der Waals surface area (Å²) in [6, 6.07) is -0.799. The van der Waals surface area contributed by atoms with Crippen LogP contribution in [0.5, 0.6) is 0 Å². The van der Waals surface area contributed by atoms with Gasteiger partial charge in [0.1, 0.15) is 13.2 Å². The van der Waals surface area contributed by atoms with Crippen molar-refractivity contribution in [2.24, 2.45) is 0 Å². The van der Waals surface area contributed by atoms with E-state index in [1.54, 1.807) is 0 Å². The third-order valence-corrected chi connectivity index (χ3v) is 20.2. The number of carbonyl (C=O) groups excluding carboxylic acids is 1. The molecule has 0 aromatic carbocycles. The molecule has 0 aromatic heterocycles. The molecule has 0 saturated heterocycles. The molecule has 0 saturated carbocycles. The topological polar surface area (TPSA) is 108 Å². The first kappa shape index (κ1) is 88.2. The summed E-state index contributed by atoms with van der Waals surface area (Å²) < 4.78 is 23.6. The van der Waals surface area contributed by atoms with Crippen LogP contribution < -0.4 is 10.2 Å². The van der Waals surface area contributed by atoms with E-state index in [0.717, 1.165) is 38.5 Å². The fourth-order valence-corrected chi connectivity index (χ4v) is 13.7. The molecule has 0 aromatic rings. The fraction of sp³-hybridized carbons (Fsp3) is 0.963. The number of carbonyl (C=O) groups is 1. The Kier molecular flexibility index (Phi) is 70.9. The normalized spacial score (nSPS) is 13.5. The number of nitrogens with zero attached hydrogens (tertiary/aromatic N) is 1. The minimum atomic E-state index is -4.58. The zero-order valence-electron chi connectivity index (χ0n) is 61.2. The highest BCUT2D eigenvalue weighted by Crippen LogP contribution is 2.38. The van der Waals surface area contributed by atoms with Gasteiger partial charge in [-0.2, -0.15) is 0 Å². The van der Waals surface area contributed by atoms with E-state index in [4.69, 9.17) is 9.05 Å². The molecular formula is C80H161N2O6P. The molecule has 3 unspecified atom stereocenters. The fourth-order valence-electron chi connectivity index (χ4n) is 13.0. The second-order valence-electron chi connectivity index (χ2n) is 29.5. The van der Waals surface area contributed by atoms with Crippen molar-refractivity contribution in [3.8, 4) is 0 Å². The maximum atomic E-state index is 13.1. The van der Waals surface area contributed by atoms with E-state index in [-0.39, 0.29) is 19.1 Å². The number of unbranched alkanes of at least 4 members (excludes halogenated alkanes) is 62. The first-order valence-corrected chi connectivity index (χ1v) is 42.0. The maximum absolute atomic E-state index is 13.1. The number of rotatable bonds is 77. The lowest BCUT2D eigenvalue weighted by Gasteiger charge is -2.30. The van der Waals surface area contributed by atoms with Gasteiger partial charge < -0.3 is 28.8 Å². The van der Waals surface area contributed by atoms with Crippen molar-refractivity contribution in [1.29, 1.82) is 0 Å². The van der Waals surface area contributed by atoms with Gasteiger partial charge >= 0.3 is 0 Å². The van der Waals surface area contributed by atoms with Crippen molar-refractivity contribution in [2.75, 3.05) is 40.9 Å². The Bertz CT molecular complexity index is 1460. The van der Waals surface area contributed by atoms with Crippen molar-refractivity contribution in [3.05, 3.63) is 12.2 Å². The van der Waals surface area contributed by atoms with Gasteiger partial charge in [-0.3, -0.25) is 9.36 Å². The number of phosphoric ester groups is 1. The molecule has 532 valence electrons. The molecule has 0 radical (unpaired) electrons. The van der Waals surface area contributed by atoms with E-state index in [0.29, 0.717) is 23.9 Å². The van der Waals surface area contributed by atoms with Crippen molar-refractivity contribution in [3.63, 3.8) is 0 Å². The molecule has 0 aliphatic carbocycles. The number of nitrogens with one attached hydrogen (secondary N) is 1. The lowest BCUT2D eigenvalue weighted by molar-refractivity contribution is -0.870. The van der Waals surface area contributed by atoms with Gasteiger partial charge in [0.05, 0.1) is 39.9 Å². The number of aliphatic hydroxyl groups is 1. The van der Waals surface area contributed by atoms with Crippen LogP contribution in [-0.2, 0) is 18.4 Å². The minimum Gasteiger partial charge on any atom is -0.756 e. The van der Waals surface area contributed by atoms with Crippen LogP contribution in [0.15, 0.2) is 12.2 Å². The number of phosphoric acid groups is 1. The summed E-state index contributed by atoms with van der Waals surface area (Å²) in [4.78, 5) is 25.7. The highest BCUT2D eigenvalue weighted by Gasteiger charge is 2.24. The van der Waals surface area contributed by atoms with Crippen molar-refractivity contribution in [1.82, 2.24) is 5.32 Å². The van der Waals surface area contributed by atoms with Gasteiger partial charge in [0.15, 0.2) is 0 Å². The van der Waals surface area contributed by atoms with E-state index in [2.05, 4.69) is 31.3 Å². The highest BCUT2D eigenvalue weighted by atomic mass is 31.2. The molecule has 0 fully saturated rings. The Balaban J connectivity index is 3.90. The van der Waals surface area contributed by atoms with Gasteiger partial charge in [-0.15, -0.1) is 0 Å². The standard InChI is InChI=1S/C80H161N2O6P/c1-6-8-10-12-14-16-18-20-22-24-26-28-30-32-34-36-38-40-41-42-44-46-48-50-52-54-56-58-60-62-64-66-68-70-72-74-80(84)81-78(77-88-89(85,86)87-76-75-82(3,4)5)79(83)73-71-69-67-65-63-61-59-57-55-53-51-49-47-45-43-39-37-35-33-31-29-27-25-23-21-19-17-15-13-11-9-7-2/h24,26,78-79,83H,6-23,25,27-77H2,1-5H3,(H-,81,84,85,86)/b26-24-. The van der Waals surface area contributed by atoms with Gasteiger partial charge in [-0.05, 0) is 38.5 Å². The summed E-state index contributed by atoms with van der Waals surface area (Å²) >= 11 is 0. The van der Waals surface area contributed by atoms with E-state index >= 15 is 0 Å². The predicted molar refractivity (Wildman–Crippen MR) is 390 cm³/mol. The van der Waals surface area contributed by atoms with Gasteiger partial charge in [-0.25, -0.2) is 0 Å². The van der Waals surface area contributed by atoms with Crippen molar-refractivity contribution >= 4 is 13.7 Å². The first-order valence-electron chi connectivity index (χ1n) is 40.5. The summed E-state index contributed by atoms with van der Waals surface area (Å²) in [5.74, 6) is -0.153. The molecule has 0 aliphatic rings. The van der Waals surface area contributed by atoms with E-state index < -0.39 is 20.0 Å². The summed E-state index contributed by atoms with van der Waals surface area (Å²) in [5, 5.41) is 14.2. The molecule has 1 amide bonds. The number of likely N-dealkylation sites (N-methyl/N-ethyl adjacent to an activating group) is 1. The first-order chi connectivity index (χ1) is 43.5. The molecule has 0 heterocycles. The van der Waals surface area contributed by atoms with E-state index in [9.17, 15) is 19.4 Å². The number of hydrogen-bond acceptors (Lipinski definition) is 6. The summed E-state index contributed by atoms with van der Waals surface area (Å²) in [6.45, 7) is 4.80. The smallest absolute Gasteiger partial charge is 0.268 e. The van der Waals surface area contributed by atoms with Crippen molar-refractivity contribution < 1.29 is 32.9 Å². The zero-order chi connectivity index (χ0) is 64.8. The van der Waals surface area contributed by atoms with Gasteiger partial charge in [-0.1, -0.05) is 411 Å². The molecule has 89 heavy (non-hydrogen) atoms. The Morgan fingerprint density at radius 1 is 0.382 bits per heavy atom. The quantitative estimate of drug-likeness (QED) is 0.0272. The monoisotopic (exact) mass is 1280 g/mol. The Hall–Kier alpha value is -0.760. The Morgan fingerprint density at radius 3 is 0.876 bits per heavy atom. The lowest BCUT2D eigenvalue weighted by Crippen LogP contribution is -2.46. The number of allylic oxidation sites excluding steroid dienone is 2. The average molecular weight is 1280 g/mol. The third-order valence-electron chi connectivity index (χ3n) is 19.3. The number of hydrogen-bond donors (Lipinski definition) is 2. The van der Waals surface area contributed by atoms with Crippen LogP contribution in [0.25, 0.3) is 0 Å². The zero-order valence-corrected chi connectivity index (χ0v) is 62.1. The van der Waals surface area contributed by atoms with Crippen LogP contribution in [0.1, 0.15) is 444 Å². The summed E-state index contributed by atoms with van der Waals surface area (Å²) in [7, 11) is 1.33. The second-order valence-corrected chi connectivity index (χ2v) is 30.9. The number of aliphatic hydroxyl groups excluding tert-OH is 1. The highest BCUT2D eigenvalue weighted by molar-refractivity contribution is 7.45. The maximum Gasteiger partial charge on any atom is 0.268 e. The summed E-state index contributed by atoms with van der Waals surface area (Å²) in [6.07, 6.45) is 93.4. The van der Waals surface area contributed by atoms with Crippen LogP contribution in [0.4, 0.5) is 0 Å². The molecule has 0 bridgehead atoms. The molecule has 0 spiro atoms. The molecule has 3 atom stereocenters. The molecule has 0 rings (SSSR count). The Morgan fingerprint density at radius 2 is 0.618 bits per heavy atom. The molecule has 8 nitrogen and oxygen atoms in total. The van der Waals surface area contributed by atoms with Gasteiger partial charge in [0.2, 0.25) is 5.91 Å². The predicted octanol–water partition coefficient (Wildman–Crippen LogP) is 25.8. The Labute approximate surface area is 558 Å². The van der Waals surface area contributed by atoms with Crippen LogP contribution >= 0.6 is 7.82 Å². The molecular weight excluding hydrogens is 1120 g/mol. The van der Waals surface area contributed by atoms with Gasteiger partial charge in [0, 0.05) is 6.42 Å². The third kappa shape index (κ3) is 74.5. The number of quaternary nitrogens is 1. The van der Waals surface area contributed by atoms with Crippen molar-refractivity contribution in [2.45, 2.75) is 456 Å². The average Bonchev–Trinajstić information content (AvgIpc) is 3.64. The second kappa shape index (κ2) is 71.5. The van der Waals surface area contributed by atoms with E-state index in [1.807, 2.05) is 21.1 Å². The SMILES string of the molecule is CCCCCCCCCC/C=C\CCCCCCCCCCCCCCCCCCCCCCCCCC(=O)NC(COP(=O)([O-])OCC[N+](C)(C)C)C(O)CCCCCCCCCCCCCCCCCCCCCCCCCCCCCCCCCC. The molecule has 9 heteroatoms. The van der Waals surface area contributed by atoms with E-state index in [1.165, 1.54) is 379 Å². The molecule has 2 N–H and O–H groups in total. The van der Waals surface area contributed by atoms with Gasteiger partial charge in [0.25, 0.3) is 7.82 Å². The van der Waals surface area contributed by atoms with Crippen LogP contribution in [0, 0.1) is 0 Å². The van der Waals surface area contributed by atoms with Crippen LogP contribution in [0.2, 0.25) is 0 Å². The van der Waals surface area contributed by atoms with Crippen LogP contribution in [0.3, 0.4) is 0 Å². The van der Waals surface area contributed by atoms with Crippen LogP contribution in [-0.4, -0.2) is 68.5 Å².